The van der Waals surface area contributed by atoms with Gasteiger partial charge in [-0.05, 0) is 46.6 Å². The lowest BCUT2D eigenvalue weighted by atomic mass is 10.1. The second-order valence-electron chi connectivity index (χ2n) is 4.26. The Hall–Kier alpha value is -1.62. The molecule has 5 heteroatoms. The minimum Gasteiger partial charge on any atom is -0.454 e. The van der Waals surface area contributed by atoms with Crippen molar-refractivity contribution >= 4 is 21.6 Å². The highest BCUT2D eigenvalue weighted by Gasteiger charge is 2.17. The highest BCUT2D eigenvalue weighted by atomic mass is 79.9. The van der Waals surface area contributed by atoms with Gasteiger partial charge in [-0.3, -0.25) is 0 Å². The number of benzene rings is 2. The van der Waals surface area contributed by atoms with Crippen molar-refractivity contribution in [1.82, 2.24) is 0 Å². The molecule has 0 aromatic heterocycles. The lowest BCUT2D eigenvalue weighted by Gasteiger charge is -2.17. The molecule has 106 valence electrons. The van der Waals surface area contributed by atoms with Gasteiger partial charge >= 0.3 is 0 Å². The van der Waals surface area contributed by atoms with Crippen molar-refractivity contribution in [2.45, 2.75) is 13.3 Å². The predicted octanol–water partition coefficient (Wildman–Crippen LogP) is 5.53. The number of aryl methyl sites for hydroxylation is 1. The largest absolute Gasteiger partial charge is 0.454 e. The summed E-state index contributed by atoms with van der Waals surface area (Å²) in [6.07, 6.45) is -2.57. The first-order valence-corrected chi connectivity index (χ1v) is 6.85. The maximum atomic E-state index is 13.0. The quantitative estimate of drug-likeness (QED) is 0.789. The van der Waals surface area contributed by atoms with Crippen molar-refractivity contribution in [2.24, 2.45) is 0 Å². The standard InChI is InChI=1S/C15H14BrF2NO/c1-9-7-8-11(16)13(19-2)14(9)20-12-6-4-3-5-10(12)15(17)18/h3-8,15,19H,1-2H3. The SMILES string of the molecule is CNc1c(Br)ccc(C)c1Oc1ccccc1C(F)F. The number of hydrogen-bond donors (Lipinski definition) is 1. The first kappa shape index (κ1) is 14.8. The van der Waals surface area contributed by atoms with E-state index in [-0.39, 0.29) is 11.3 Å². The summed E-state index contributed by atoms with van der Waals surface area (Å²) in [7, 11) is 1.76. The lowest BCUT2D eigenvalue weighted by Crippen LogP contribution is -1.99. The summed E-state index contributed by atoms with van der Waals surface area (Å²) < 4.78 is 32.5. The molecule has 2 nitrogen and oxygen atoms in total. The van der Waals surface area contributed by atoms with Crippen LogP contribution in [0.25, 0.3) is 0 Å². The van der Waals surface area contributed by atoms with Crippen LogP contribution in [0.1, 0.15) is 17.6 Å². The van der Waals surface area contributed by atoms with E-state index in [0.717, 1.165) is 15.7 Å². The van der Waals surface area contributed by atoms with E-state index in [2.05, 4.69) is 21.2 Å². The van der Waals surface area contributed by atoms with Crippen molar-refractivity contribution in [2.75, 3.05) is 12.4 Å². The number of nitrogens with one attached hydrogen (secondary N) is 1. The van der Waals surface area contributed by atoms with Crippen molar-refractivity contribution < 1.29 is 13.5 Å². The van der Waals surface area contributed by atoms with E-state index in [4.69, 9.17) is 4.74 Å². The minimum absolute atomic E-state index is 0.117. The second kappa shape index (κ2) is 6.22. The zero-order valence-corrected chi connectivity index (χ0v) is 12.7. The summed E-state index contributed by atoms with van der Waals surface area (Å²) in [6, 6.07) is 9.90. The van der Waals surface area contributed by atoms with Gasteiger partial charge in [0.05, 0.1) is 11.3 Å². The van der Waals surface area contributed by atoms with Crippen molar-refractivity contribution in [1.29, 1.82) is 0 Å². The van der Waals surface area contributed by atoms with E-state index >= 15 is 0 Å². The molecule has 0 bridgehead atoms. The van der Waals surface area contributed by atoms with Crippen LogP contribution in [0.2, 0.25) is 0 Å². The van der Waals surface area contributed by atoms with Crippen molar-refractivity contribution in [3.63, 3.8) is 0 Å². The Morgan fingerprint density at radius 1 is 1.15 bits per heavy atom. The Labute approximate surface area is 124 Å². The second-order valence-corrected chi connectivity index (χ2v) is 5.11. The average Bonchev–Trinajstić information content (AvgIpc) is 2.43. The summed E-state index contributed by atoms with van der Waals surface area (Å²) in [6.45, 7) is 1.87. The molecule has 0 aliphatic heterocycles. The summed E-state index contributed by atoms with van der Waals surface area (Å²) in [5.41, 5.74) is 1.48. The van der Waals surface area contributed by atoms with E-state index < -0.39 is 6.43 Å². The fourth-order valence-electron chi connectivity index (χ4n) is 1.89. The number of ether oxygens (including phenoxy) is 1. The maximum Gasteiger partial charge on any atom is 0.267 e. The summed E-state index contributed by atoms with van der Waals surface area (Å²) in [5, 5.41) is 3.01. The van der Waals surface area contributed by atoms with Gasteiger partial charge in [-0.15, -0.1) is 0 Å². The molecular weight excluding hydrogens is 328 g/mol. The maximum absolute atomic E-state index is 13.0. The average molecular weight is 342 g/mol. The number of anilines is 1. The van der Waals surface area contributed by atoms with E-state index in [9.17, 15) is 8.78 Å². The molecule has 0 spiro atoms. The van der Waals surface area contributed by atoms with Crippen LogP contribution < -0.4 is 10.1 Å². The van der Waals surface area contributed by atoms with Crippen LogP contribution in [0.3, 0.4) is 0 Å². The molecule has 2 aromatic carbocycles. The molecule has 2 rings (SSSR count). The van der Waals surface area contributed by atoms with E-state index in [1.807, 2.05) is 19.1 Å². The van der Waals surface area contributed by atoms with Crippen molar-refractivity contribution in [3.05, 3.63) is 52.0 Å². The zero-order chi connectivity index (χ0) is 14.7. The molecule has 0 saturated carbocycles. The zero-order valence-electron chi connectivity index (χ0n) is 11.1. The minimum atomic E-state index is -2.57. The Kier molecular flexibility index (Phi) is 4.60. The molecule has 0 heterocycles. The Bertz CT molecular complexity index is 617. The first-order chi connectivity index (χ1) is 9.54. The predicted molar refractivity (Wildman–Crippen MR) is 79.9 cm³/mol. The number of alkyl halides is 2. The van der Waals surface area contributed by atoms with Crippen molar-refractivity contribution in [3.8, 4) is 11.5 Å². The Balaban J connectivity index is 2.48. The third kappa shape index (κ3) is 2.93. The van der Waals surface area contributed by atoms with E-state index in [0.29, 0.717) is 5.75 Å². The Morgan fingerprint density at radius 3 is 2.50 bits per heavy atom. The van der Waals surface area contributed by atoms with E-state index in [1.165, 1.54) is 6.07 Å². The molecule has 2 aromatic rings. The summed E-state index contributed by atoms with van der Waals surface area (Å²) >= 11 is 3.41. The molecule has 0 aliphatic carbocycles. The first-order valence-electron chi connectivity index (χ1n) is 6.06. The fraction of sp³-hybridized carbons (Fsp3) is 0.200. The molecule has 0 radical (unpaired) electrons. The number of rotatable bonds is 4. The highest BCUT2D eigenvalue weighted by molar-refractivity contribution is 9.10. The topological polar surface area (TPSA) is 21.3 Å². The highest BCUT2D eigenvalue weighted by Crippen LogP contribution is 2.40. The monoisotopic (exact) mass is 341 g/mol. The van der Waals surface area contributed by atoms with Gasteiger partial charge in [-0.25, -0.2) is 8.78 Å². The molecular formula is C15H14BrF2NO. The third-order valence-electron chi connectivity index (χ3n) is 2.92. The molecule has 20 heavy (non-hydrogen) atoms. The molecule has 0 aliphatic rings. The molecule has 0 unspecified atom stereocenters. The molecule has 0 atom stereocenters. The van der Waals surface area contributed by atoms with Gasteiger partial charge in [-0.1, -0.05) is 18.2 Å². The lowest BCUT2D eigenvalue weighted by molar-refractivity contribution is 0.148. The van der Waals surface area contributed by atoms with E-state index in [1.54, 1.807) is 25.2 Å². The fourth-order valence-corrected chi connectivity index (χ4v) is 2.40. The number of para-hydroxylation sites is 1. The van der Waals surface area contributed by atoms with Crippen LogP contribution in [0.5, 0.6) is 11.5 Å². The van der Waals surface area contributed by atoms with Crippen LogP contribution in [-0.4, -0.2) is 7.05 Å². The van der Waals surface area contributed by atoms with Gasteiger partial charge < -0.3 is 10.1 Å². The van der Waals surface area contributed by atoms with Crippen LogP contribution in [0.15, 0.2) is 40.9 Å². The number of hydrogen-bond acceptors (Lipinski definition) is 2. The Morgan fingerprint density at radius 2 is 1.85 bits per heavy atom. The third-order valence-corrected chi connectivity index (χ3v) is 3.58. The smallest absolute Gasteiger partial charge is 0.267 e. The van der Waals surface area contributed by atoms with Gasteiger partial charge in [0.2, 0.25) is 0 Å². The van der Waals surface area contributed by atoms with Gasteiger partial charge in [-0.2, -0.15) is 0 Å². The van der Waals surface area contributed by atoms with Gasteiger partial charge in [0.15, 0.2) is 5.75 Å². The van der Waals surface area contributed by atoms with Gasteiger partial charge in [0.1, 0.15) is 5.75 Å². The molecule has 1 N–H and O–H groups in total. The summed E-state index contributed by atoms with van der Waals surface area (Å²) in [5.74, 6) is 0.704. The molecule has 0 amide bonds. The van der Waals surface area contributed by atoms with Gasteiger partial charge in [0, 0.05) is 11.5 Å². The van der Waals surface area contributed by atoms with Crippen LogP contribution in [-0.2, 0) is 0 Å². The molecule has 0 saturated heterocycles. The van der Waals surface area contributed by atoms with Crippen LogP contribution >= 0.6 is 15.9 Å². The van der Waals surface area contributed by atoms with Gasteiger partial charge in [0.25, 0.3) is 6.43 Å². The van der Waals surface area contributed by atoms with Crippen LogP contribution in [0.4, 0.5) is 14.5 Å². The molecule has 0 fully saturated rings. The number of halogens is 3. The normalized spacial score (nSPS) is 10.7. The van der Waals surface area contributed by atoms with Crippen LogP contribution in [0, 0.1) is 6.92 Å². The summed E-state index contributed by atoms with van der Waals surface area (Å²) in [4.78, 5) is 0.